The third kappa shape index (κ3) is 7.59. The van der Waals surface area contributed by atoms with Crippen LogP contribution in [0.15, 0.2) is 72.8 Å². The van der Waals surface area contributed by atoms with Crippen LogP contribution < -0.4 is 31.9 Å². The summed E-state index contributed by atoms with van der Waals surface area (Å²) in [4.78, 5) is 48.7. The average Bonchev–Trinajstić information content (AvgIpc) is 2.85. The summed E-state index contributed by atoms with van der Waals surface area (Å²) in [5, 5.41) is 16.2. The van der Waals surface area contributed by atoms with Crippen LogP contribution in [0.1, 0.15) is 34.6 Å². The molecular formula is C26H28N6O4. The highest BCUT2D eigenvalue weighted by Crippen LogP contribution is 2.18. The summed E-state index contributed by atoms with van der Waals surface area (Å²) in [6, 6.07) is 19.1. The van der Waals surface area contributed by atoms with Crippen molar-refractivity contribution in [1.82, 2.24) is 10.6 Å². The maximum Gasteiger partial charge on any atom is 0.319 e. The molecule has 0 aliphatic carbocycles. The second-order valence-electron chi connectivity index (χ2n) is 7.62. The minimum Gasteiger partial charge on any atom is -0.338 e. The predicted octanol–water partition coefficient (Wildman–Crippen LogP) is 4.47. The minimum absolute atomic E-state index is 0.333. The molecule has 0 aromatic heterocycles. The Hall–Kier alpha value is -4.86. The first-order valence-corrected chi connectivity index (χ1v) is 11.4. The molecule has 0 bridgehead atoms. The molecule has 36 heavy (non-hydrogen) atoms. The fraction of sp³-hybridized carbons (Fsp3) is 0.154. The highest BCUT2D eigenvalue weighted by molar-refractivity contribution is 6.07. The molecule has 0 unspecified atom stereocenters. The van der Waals surface area contributed by atoms with E-state index >= 15 is 0 Å². The molecule has 3 aromatic rings. The third-order valence-electron chi connectivity index (χ3n) is 4.84. The van der Waals surface area contributed by atoms with Gasteiger partial charge in [0.1, 0.15) is 0 Å². The van der Waals surface area contributed by atoms with Crippen molar-refractivity contribution in [2.75, 3.05) is 34.4 Å². The standard InChI is InChI=1S/C26H28N6O4/c1-3-27-25(35)31-21-9-5-7-19(15-21)29-23(33)17-11-13-18(14-12-17)24(34)30-20-8-6-10-22(16-20)32-26(36)28-4-2/h5-16H,3-4H2,1-2H3,(H,29,33)(H,30,34)(H2,27,31,35)(H2,28,32,36). The van der Waals surface area contributed by atoms with Crippen molar-refractivity contribution >= 4 is 46.6 Å². The van der Waals surface area contributed by atoms with Crippen LogP contribution in [0.25, 0.3) is 0 Å². The van der Waals surface area contributed by atoms with Crippen LogP contribution in [-0.4, -0.2) is 37.0 Å². The van der Waals surface area contributed by atoms with E-state index in [2.05, 4.69) is 31.9 Å². The third-order valence-corrected chi connectivity index (χ3v) is 4.84. The Balaban J connectivity index is 1.60. The number of hydrogen-bond donors (Lipinski definition) is 6. The molecule has 0 aliphatic heterocycles. The predicted molar refractivity (Wildman–Crippen MR) is 141 cm³/mol. The van der Waals surface area contributed by atoms with Gasteiger partial charge >= 0.3 is 12.1 Å². The van der Waals surface area contributed by atoms with Crippen LogP contribution in [0.2, 0.25) is 0 Å². The van der Waals surface area contributed by atoms with Gasteiger partial charge in [-0.3, -0.25) is 9.59 Å². The van der Waals surface area contributed by atoms with Gasteiger partial charge in [0.15, 0.2) is 0 Å². The molecule has 10 heteroatoms. The average molecular weight is 489 g/mol. The highest BCUT2D eigenvalue weighted by Gasteiger charge is 2.11. The molecule has 186 valence electrons. The van der Waals surface area contributed by atoms with E-state index in [1.165, 1.54) is 0 Å². The van der Waals surface area contributed by atoms with Crippen LogP contribution in [-0.2, 0) is 0 Å². The lowest BCUT2D eigenvalue weighted by Crippen LogP contribution is -2.28. The lowest BCUT2D eigenvalue weighted by molar-refractivity contribution is 0.101. The van der Waals surface area contributed by atoms with Gasteiger partial charge in [-0.2, -0.15) is 0 Å². The fourth-order valence-corrected chi connectivity index (χ4v) is 3.20. The summed E-state index contributed by atoms with van der Waals surface area (Å²) in [5.74, 6) is -0.720. The second kappa shape index (κ2) is 12.6. The molecule has 0 saturated heterocycles. The maximum atomic E-state index is 12.6. The normalized spacial score (nSPS) is 10.1. The lowest BCUT2D eigenvalue weighted by Gasteiger charge is -2.10. The van der Waals surface area contributed by atoms with E-state index in [-0.39, 0.29) is 23.9 Å². The number of carbonyl (C=O) groups is 4. The van der Waals surface area contributed by atoms with Gasteiger partial charge in [-0.15, -0.1) is 0 Å². The summed E-state index contributed by atoms with van der Waals surface area (Å²) >= 11 is 0. The zero-order chi connectivity index (χ0) is 25.9. The first-order valence-electron chi connectivity index (χ1n) is 11.4. The van der Waals surface area contributed by atoms with E-state index in [0.717, 1.165) is 0 Å². The number of anilines is 4. The molecule has 0 heterocycles. The number of carbonyl (C=O) groups excluding carboxylic acids is 4. The van der Waals surface area contributed by atoms with E-state index in [1.54, 1.807) is 72.8 Å². The summed E-state index contributed by atoms with van der Waals surface area (Å²) in [6.07, 6.45) is 0. The van der Waals surface area contributed by atoms with Crippen molar-refractivity contribution in [2.24, 2.45) is 0 Å². The SMILES string of the molecule is CCNC(=O)Nc1cccc(NC(=O)c2ccc(C(=O)Nc3cccc(NC(=O)NCC)c3)cc2)c1. The molecule has 0 atom stereocenters. The molecule has 0 saturated carbocycles. The Morgan fingerprint density at radius 2 is 0.861 bits per heavy atom. The first-order chi connectivity index (χ1) is 17.4. The minimum atomic E-state index is -0.360. The van der Waals surface area contributed by atoms with Gasteiger partial charge in [0.05, 0.1) is 0 Å². The van der Waals surface area contributed by atoms with Crippen molar-refractivity contribution in [3.05, 3.63) is 83.9 Å². The van der Waals surface area contributed by atoms with E-state index < -0.39 is 0 Å². The Kier molecular flexibility index (Phi) is 8.99. The fourth-order valence-electron chi connectivity index (χ4n) is 3.20. The zero-order valence-electron chi connectivity index (χ0n) is 20.0. The summed E-state index contributed by atoms with van der Waals surface area (Å²) in [7, 11) is 0. The van der Waals surface area contributed by atoms with E-state index in [0.29, 0.717) is 47.0 Å². The zero-order valence-corrected chi connectivity index (χ0v) is 20.0. The molecular weight excluding hydrogens is 460 g/mol. The van der Waals surface area contributed by atoms with E-state index in [9.17, 15) is 19.2 Å². The first kappa shape index (κ1) is 25.8. The van der Waals surface area contributed by atoms with Crippen LogP contribution >= 0.6 is 0 Å². The monoisotopic (exact) mass is 488 g/mol. The number of benzene rings is 3. The molecule has 6 N–H and O–H groups in total. The number of urea groups is 2. The molecule has 3 aromatic carbocycles. The van der Waals surface area contributed by atoms with Crippen molar-refractivity contribution in [3.8, 4) is 0 Å². The lowest BCUT2D eigenvalue weighted by atomic mass is 10.1. The Labute approximate surface area is 208 Å². The molecule has 0 radical (unpaired) electrons. The molecule has 0 fully saturated rings. The quantitative estimate of drug-likeness (QED) is 0.278. The molecule has 6 amide bonds. The van der Waals surface area contributed by atoms with E-state index in [1.807, 2.05) is 13.8 Å². The number of amides is 6. The van der Waals surface area contributed by atoms with Crippen molar-refractivity contribution in [3.63, 3.8) is 0 Å². The summed E-state index contributed by atoms with van der Waals surface area (Å²) in [5.41, 5.74) is 2.82. The van der Waals surface area contributed by atoms with Crippen LogP contribution in [0.3, 0.4) is 0 Å². The van der Waals surface area contributed by atoms with Gasteiger partial charge in [-0.25, -0.2) is 9.59 Å². The molecule has 0 aliphatic rings. The number of hydrogen-bond acceptors (Lipinski definition) is 4. The van der Waals surface area contributed by atoms with Crippen molar-refractivity contribution < 1.29 is 19.2 Å². The second-order valence-corrected chi connectivity index (χ2v) is 7.62. The van der Waals surface area contributed by atoms with Gasteiger partial charge in [0, 0.05) is 47.0 Å². The molecule has 0 spiro atoms. The number of rotatable bonds is 8. The van der Waals surface area contributed by atoms with Crippen molar-refractivity contribution in [2.45, 2.75) is 13.8 Å². The van der Waals surface area contributed by atoms with Crippen LogP contribution in [0.4, 0.5) is 32.3 Å². The van der Waals surface area contributed by atoms with Gasteiger partial charge in [-0.05, 0) is 74.5 Å². The summed E-state index contributed by atoms with van der Waals surface area (Å²) in [6.45, 7) is 4.63. The number of nitrogens with one attached hydrogen (secondary N) is 6. The van der Waals surface area contributed by atoms with Gasteiger partial charge in [0.2, 0.25) is 0 Å². The Bertz CT molecular complexity index is 1150. The Morgan fingerprint density at radius 1 is 0.528 bits per heavy atom. The van der Waals surface area contributed by atoms with Gasteiger partial charge < -0.3 is 31.9 Å². The van der Waals surface area contributed by atoms with Gasteiger partial charge in [0.25, 0.3) is 11.8 Å². The summed E-state index contributed by atoms with van der Waals surface area (Å²) < 4.78 is 0. The Morgan fingerprint density at radius 3 is 1.19 bits per heavy atom. The van der Waals surface area contributed by atoms with Gasteiger partial charge in [-0.1, -0.05) is 12.1 Å². The smallest absolute Gasteiger partial charge is 0.319 e. The molecule has 3 rings (SSSR count). The highest BCUT2D eigenvalue weighted by atomic mass is 16.2. The maximum absolute atomic E-state index is 12.6. The van der Waals surface area contributed by atoms with Crippen molar-refractivity contribution in [1.29, 1.82) is 0 Å². The van der Waals surface area contributed by atoms with E-state index in [4.69, 9.17) is 0 Å². The largest absolute Gasteiger partial charge is 0.338 e. The molecule has 10 nitrogen and oxygen atoms in total. The topological polar surface area (TPSA) is 140 Å². The van der Waals surface area contributed by atoms with Crippen LogP contribution in [0, 0.1) is 0 Å². The van der Waals surface area contributed by atoms with Crippen LogP contribution in [0.5, 0.6) is 0 Å².